The molecule has 1 aromatic carbocycles. The predicted molar refractivity (Wildman–Crippen MR) is 128 cm³/mol. The summed E-state index contributed by atoms with van der Waals surface area (Å²) in [5, 5.41) is 0.668. The molecule has 3 heterocycles. The summed E-state index contributed by atoms with van der Waals surface area (Å²) >= 11 is 6.34. The Morgan fingerprint density at radius 3 is 2.11 bits per heavy atom. The first kappa shape index (κ1) is 28.1. The highest BCUT2D eigenvalue weighted by Gasteiger charge is 2.60. The van der Waals surface area contributed by atoms with E-state index in [-0.39, 0.29) is 18.6 Å². The van der Waals surface area contributed by atoms with Gasteiger partial charge in [0.1, 0.15) is 0 Å². The first-order chi connectivity index (χ1) is 17.4. The van der Waals surface area contributed by atoms with Gasteiger partial charge in [-0.2, -0.15) is 26.3 Å². The maximum atomic E-state index is 12.8. The molecule has 0 N–H and O–H groups in total. The number of carbonyl (C=O) groups excluding carboxylic acids is 1. The summed E-state index contributed by atoms with van der Waals surface area (Å²) in [7, 11) is 0. The fourth-order valence-electron chi connectivity index (χ4n) is 5.89. The molecule has 0 bridgehead atoms. The van der Waals surface area contributed by atoms with Crippen molar-refractivity contribution in [2.75, 3.05) is 37.6 Å². The molecule has 12 heteroatoms. The lowest BCUT2D eigenvalue weighted by Gasteiger charge is -2.45. The Morgan fingerprint density at radius 1 is 0.892 bits per heavy atom. The number of carbonyl (C=O) groups is 1. The summed E-state index contributed by atoms with van der Waals surface area (Å²) in [6, 6.07) is 5.91. The Balaban J connectivity index is 1.43. The SMILES string of the molecule is O=C(OC(C(F)(F)F)C(F)(F)F)N1CCC2(CCCN2Cc2ccc(Cl)cc2N2CCCCCC2)CC1. The Kier molecular flexibility index (Phi) is 8.43. The quantitative estimate of drug-likeness (QED) is 0.384. The average Bonchev–Trinajstić information content (AvgIpc) is 3.02. The van der Waals surface area contributed by atoms with Crippen LogP contribution in [-0.2, 0) is 11.3 Å². The molecule has 0 radical (unpaired) electrons. The second-order valence-electron chi connectivity index (χ2n) is 10.3. The molecule has 0 aliphatic carbocycles. The van der Waals surface area contributed by atoms with Crippen molar-refractivity contribution in [3.8, 4) is 0 Å². The van der Waals surface area contributed by atoms with Crippen molar-refractivity contribution in [2.45, 2.75) is 81.9 Å². The fourth-order valence-corrected chi connectivity index (χ4v) is 6.06. The van der Waals surface area contributed by atoms with Crippen LogP contribution < -0.4 is 4.90 Å². The number of anilines is 1. The summed E-state index contributed by atoms with van der Waals surface area (Å²) in [5.74, 6) is 0. The minimum atomic E-state index is -5.73. The zero-order valence-electron chi connectivity index (χ0n) is 20.5. The number of halogens is 7. The number of benzene rings is 1. The topological polar surface area (TPSA) is 36.0 Å². The maximum Gasteiger partial charge on any atom is 0.434 e. The van der Waals surface area contributed by atoms with Crippen LogP contribution in [0.25, 0.3) is 0 Å². The third-order valence-corrected chi connectivity index (χ3v) is 8.10. The maximum absolute atomic E-state index is 12.8. The molecular formula is C25H32ClF6N3O2. The van der Waals surface area contributed by atoms with Gasteiger partial charge in [-0.05, 0) is 62.8 Å². The van der Waals surface area contributed by atoms with Crippen molar-refractivity contribution in [1.29, 1.82) is 0 Å². The van der Waals surface area contributed by atoms with Gasteiger partial charge in [-0.3, -0.25) is 4.90 Å². The number of nitrogens with zero attached hydrogens (tertiary/aromatic N) is 3. The number of amides is 1. The molecule has 5 nitrogen and oxygen atoms in total. The highest BCUT2D eigenvalue weighted by atomic mass is 35.5. The van der Waals surface area contributed by atoms with Crippen molar-refractivity contribution in [1.82, 2.24) is 9.80 Å². The molecule has 0 aromatic heterocycles. The molecule has 1 aromatic rings. The van der Waals surface area contributed by atoms with Crippen LogP contribution in [0, 0.1) is 0 Å². The number of hydrogen-bond acceptors (Lipinski definition) is 4. The van der Waals surface area contributed by atoms with E-state index in [1.807, 2.05) is 18.2 Å². The molecule has 1 amide bonds. The van der Waals surface area contributed by atoms with E-state index in [0.717, 1.165) is 61.5 Å². The lowest BCUT2D eigenvalue weighted by atomic mass is 9.84. The number of ether oxygens (including phenoxy) is 1. The molecule has 4 rings (SSSR count). The first-order valence-electron chi connectivity index (χ1n) is 12.8. The van der Waals surface area contributed by atoms with Crippen LogP contribution in [0.1, 0.15) is 56.9 Å². The van der Waals surface area contributed by atoms with E-state index >= 15 is 0 Å². The molecule has 0 saturated carbocycles. The van der Waals surface area contributed by atoms with Crippen LogP contribution >= 0.6 is 11.6 Å². The second kappa shape index (κ2) is 11.1. The smallest absolute Gasteiger partial charge is 0.426 e. The third-order valence-electron chi connectivity index (χ3n) is 7.86. The summed E-state index contributed by atoms with van der Waals surface area (Å²) in [6.07, 6.45) is -9.82. The van der Waals surface area contributed by atoms with Crippen LogP contribution in [0.5, 0.6) is 0 Å². The normalized spacial score (nSPS) is 21.5. The Hall–Kier alpha value is -1.88. The number of likely N-dealkylation sites (tertiary alicyclic amines) is 2. The van der Waals surface area contributed by atoms with Gasteiger partial charge < -0.3 is 14.5 Å². The molecule has 3 aliphatic heterocycles. The minimum absolute atomic E-state index is 0.0391. The number of piperidine rings is 1. The number of rotatable bonds is 4. The number of hydrogen-bond donors (Lipinski definition) is 0. The average molecular weight is 556 g/mol. The zero-order chi connectivity index (χ0) is 26.8. The first-order valence-corrected chi connectivity index (χ1v) is 13.1. The zero-order valence-corrected chi connectivity index (χ0v) is 21.3. The van der Waals surface area contributed by atoms with E-state index in [9.17, 15) is 31.1 Å². The molecule has 208 valence electrons. The fraction of sp³-hybridized carbons (Fsp3) is 0.720. The van der Waals surface area contributed by atoms with Gasteiger partial charge >= 0.3 is 18.4 Å². The lowest BCUT2D eigenvalue weighted by molar-refractivity contribution is -0.308. The van der Waals surface area contributed by atoms with Crippen molar-refractivity contribution in [3.05, 3.63) is 28.8 Å². The van der Waals surface area contributed by atoms with Gasteiger partial charge in [0.15, 0.2) is 0 Å². The van der Waals surface area contributed by atoms with E-state index in [4.69, 9.17) is 11.6 Å². The standard InChI is InChI=1S/C25H32ClF6N3O2/c26-19-7-6-18(20(16-19)33-11-3-1-2-4-12-33)17-35-13-5-8-23(35)9-14-34(15-10-23)22(36)37-21(24(27,28)29)25(30,31)32/h6-7,16,21H,1-5,8-15,17H2. The second-order valence-corrected chi connectivity index (χ2v) is 10.7. The van der Waals surface area contributed by atoms with Gasteiger partial charge in [0.25, 0.3) is 6.10 Å². The van der Waals surface area contributed by atoms with E-state index < -0.39 is 24.5 Å². The summed E-state index contributed by atoms with van der Waals surface area (Å²) < 4.78 is 80.8. The van der Waals surface area contributed by atoms with Crippen LogP contribution in [-0.4, -0.2) is 72.6 Å². The molecule has 1 spiro atoms. The van der Waals surface area contributed by atoms with E-state index in [0.29, 0.717) is 24.4 Å². The third kappa shape index (κ3) is 6.58. The molecule has 3 aliphatic rings. The number of alkyl halides is 6. The van der Waals surface area contributed by atoms with Crippen molar-refractivity contribution >= 4 is 23.4 Å². The van der Waals surface area contributed by atoms with Crippen LogP contribution in [0.4, 0.5) is 36.8 Å². The van der Waals surface area contributed by atoms with E-state index in [1.54, 1.807) is 0 Å². The molecular weight excluding hydrogens is 524 g/mol. The molecule has 3 fully saturated rings. The Bertz CT molecular complexity index is 927. The largest absolute Gasteiger partial charge is 0.434 e. The van der Waals surface area contributed by atoms with Gasteiger partial charge in [0, 0.05) is 49.0 Å². The summed E-state index contributed by atoms with van der Waals surface area (Å²) in [4.78, 5) is 17.9. The highest BCUT2D eigenvalue weighted by Crippen LogP contribution is 2.42. The van der Waals surface area contributed by atoms with E-state index in [2.05, 4.69) is 14.5 Å². The Labute approximate surface area is 217 Å². The van der Waals surface area contributed by atoms with Gasteiger partial charge in [0.2, 0.25) is 0 Å². The monoisotopic (exact) mass is 555 g/mol. The summed E-state index contributed by atoms with van der Waals surface area (Å²) in [5.41, 5.74) is 2.00. The Morgan fingerprint density at radius 2 is 1.51 bits per heavy atom. The highest BCUT2D eigenvalue weighted by molar-refractivity contribution is 6.30. The van der Waals surface area contributed by atoms with Gasteiger partial charge in [0.05, 0.1) is 0 Å². The van der Waals surface area contributed by atoms with Crippen LogP contribution in [0.3, 0.4) is 0 Å². The van der Waals surface area contributed by atoms with Crippen LogP contribution in [0.15, 0.2) is 18.2 Å². The van der Waals surface area contributed by atoms with Crippen molar-refractivity contribution < 1.29 is 35.9 Å². The molecule has 37 heavy (non-hydrogen) atoms. The van der Waals surface area contributed by atoms with Crippen LogP contribution in [0.2, 0.25) is 5.02 Å². The van der Waals surface area contributed by atoms with Crippen molar-refractivity contribution in [2.24, 2.45) is 0 Å². The minimum Gasteiger partial charge on any atom is -0.426 e. The van der Waals surface area contributed by atoms with Gasteiger partial charge in [-0.15, -0.1) is 0 Å². The molecule has 3 saturated heterocycles. The van der Waals surface area contributed by atoms with Gasteiger partial charge in [-0.1, -0.05) is 30.5 Å². The van der Waals surface area contributed by atoms with E-state index in [1.165, 1.54) is 12.8 Å². The van der Waals surface area contributed by atoms with Crippen molar-refractivity contribution in [3.63, 3.8) is 0 Å². The molecule has 0 atom stereocenters. The summed E-state index contributed by atoms with van der Waals surface area (Å²) in [6.45, 7) is 3.50. The van der Waals surface area contributed by atoms with Gasteiger partial charge in [-0.25, -0.2) is 4.79 Å². The molecule has 0 unspecified atom stereocenters. The lowest BCUT2D eigenvalue weighted by Crippen LogP contribution is -2.54. The predicted octanol–water partition coefficient (Wildman–Crippen LogP) is 6.78.